The Labute approximate surface area is 98.8 Å². The summed E-state index contributed by atoms with van der Waals surface area (Å²) >= 11 is 0. The molecule has 0 rings (SSSR count). The molecule has 17 heavy (non-hydrogen) atoms. The van der Waals surface area contributed by atoms with Gasteiger partial charge in [-0.05, 0) is 6.42 Å². The van der Waals surface area contributed by atoms with Gasteiger partial charge in [-0.2, -0.15) is 0 Å². The highest BCUT2D eigenvalue weighted by atomic mass is 19.3. The van der Waals surface area contributed by atoms with Crippen molar-refractivity contribution in [2.24, 2.45) is 0 Å². The third-order valence-electron chi connectivity index (χ3n) is 2.20. The normalized spacial score (nSPS) is 12.3. The van der Waals surface area contributed by atoms with Gasteiger partial charge in [0.05, 0.1) is 6.54 Å². The third-order valence-corrected chi connectivity index (χ3v) is 2.20. The molecule has 0 saturated heterocycles. The maximum absolute atomic E-state index is 12.0. The first-order chi connectivity index (χ1) is 7.88. The maximum atomic E-state index is 12.0. The van der Waals surface area contributed by atoms with Crippen molar-refractivity contribution < 1.29 is 23.5 Å². The van der Waals surface area contributed by atoms with Gasteiger partial charge < -0.3 is 15.3 Å². The van der Waals surface area contributed by atoms with Crippen LogP contribution in [0.25, 0.3) is 0 Å². The number of carbonyl (C=O) groups is 2. The summed E-state index contributed by atoms with van der Waals surface area (Å²) in [6, 6.07) is -1.82. The number of carboxylic acids is 1. The molecule has 0 saturated carbocycles. The molecule has 0 fully saturated rings. The number of nitrogens with zero attached hydrogens (tertiary/aromatic N) is 1. The SMILES string of the molecule is CCCCC(NC(=O)N(C)CC(F)F)C(=O)O. The predicted octanol–water partition coefficient (Wildman–Crippen LogP) is 1.54. The van der Waals surface area contributed by atoms with Gasteiger partial charge in [-0.3, -0.25) is 0 Å². The van der Waals surface area contributed by atoms with Crippen LogP contribution in [0.15, 0.2) is 0 Å². The minimum atomic E-state index is -2.63. The van der Waals surface area contributed by atoms with Crippen LogP contribution in [0.5, 0.6) is 0 Å². The summed E-state index contributed by atoms with van der Waals surface area (Å²) in [7, 11) is 1.19. The molecule has 2 N–H and O–H groups in total. The molecule has 0 spiro atoms. The number of urea groups is 1. The number of unbranched alkanes of at least 4 members (excludes halogenated alkanes) is 1. The van der Waals surface area contributed by atoms with Crippen LogP contribution in [-0.2, 0) is 4.79 Å². The van der Waals surface area contributed by atoms with Crippen molar-refractivity contribution in [2.45, 2.75) is 38.7 Å². The second kappa shape index (κ2) is 7.81. The number of carboxylic acid groups (broad SMARTS) is 1. The van der Waals surface area contributed by atoms with Crippen molar-refractivity contribution in [1.82, 2.24) is 10.2 Å². The van der Waals surface area contributed by atoms with Crippen LogP contribution in [-0.4, -0.2) is 48.1 Å². The smallest absolute Gasteiger partial charge is 0.326 e. The Balaban J connectivity index is 4.24. The van der Waals surface area contributed by atoms with E-state index in [4.69, 9.17) is 5.11 Å². The first-order valence-electron chi connectivity index (χ1n) is 5.41. The number of nitrogens with one attached hydrogen (secondary N) is 1. The summed E-state index contributed by atoms with van der Waals surface area (Å²) in [5.41, 5.74) is 0. The fourth-order valence-electron chi connectivity index (χ4n) is 1.21. The van der Waals surface area contributed by atoms with Crippen LogP contribution >= 0.6 is 0 Å². The number of halogens is 2. The summed E-state index contributed by atoms with van der Waals surface area (Å²) in [5.74, 6) is -1.16. The standard InChI is InChI=1S/C10H18F2N2O3/c1-3-4-5-7(9(15)16)13-10(17)14(2)6-8(11)12/h7-8H,3-6H2,1-2H3,(H,13,17)(H,15,16). The fraction of sp³-hybridized carbons (Fsp3) is 0.800. The van der Waals surface area contributed by atoms with Gasteiger partial charge in [0, 0.05) is 7.05 Å². The summed E-state index contributed by atoms with van der Waals surface area (Å²) in [6.45, 7) is 1.18. The summed E-state index contributed by atoms with van der Waals surface area (Å²) < 4.78 is 24.0. The van der Waals surface area contributed by atoms with E-state index in [1.54, 1.807) is 0 Å². The van der Waals surface area contributed by atoms with Gasteiger partial charge in [-0.25, -0.2) is 18.4 Å². The van der Waals surface area contributed by atoms with Gasteiger partial charge in [-0.1, -0.05) is 19.8 Å². The topological polar surface area (TPSA) is 69.6 Å². The van der Waals surface area contributed by atoms with Crippen LogP contribution in [0, 0.1) is 0 Å². The molecule has 0 aromatic rings. The third kappa shape index (κ3) is 6.70. The zero-order chi connectivity index (χ0) is 13.4. The molecule has 0 aliphatic rings. The Morgan fingerprint density at radius 2 is 2.00 bits per heavy atom. The number of hydrogen-bond acceptors (Lipinski definition) is 2. The lowest BCUT2D eigenvalue weighted by molar-refractivity contribution is -0.139. The van der Waals surface area contributed by atoms with E-state index < -0.39 is 31.0 Å². The van der Waals surface area contributed by atoms with Crippen molar-refractivity contribution in [3.05, 3.63) is 0 Å². The zero-order valence-electron chi connectivity index (χ0n) is 9.95. The predicted molar refractivity (Wildman–Crippen MR) is 58.1 cm³/mol. The molecule has 0 radical (unpaired) electrons. The van der Waals surface area contributed by atoms with E-state index in [1.807, 2.05) is 6.92 Å². The van der Waals surface area contributed by atoms with Gasteiger partial charge in [0.15, 0.2) is 0 Å². The molecule has 0 bridgehead atoms. The Bertz CT molecular complexity index is 262. The van der Waals surface area contributed by atoms with Gasteiger partial charge in [-0.15, -0.1) is 0 Å². The Morgan fingerprint density at radius 1 is 1.41 bits per heavy atom. The lowest BCUT2D eigenvalue weighted by Gasteiger charge is -2.20. The first-order valence-corrected chi connectivity index (χ1v) is 5.41. The maximum Gasteiger partial charge on any atom is 0.326 e. The average molecular weight is 252 g/mol. The summed E-state index contributed by atoms with van der Waals surface area (Å²) in [6.07, 6.45) is -0.896. The molecule has 2 amide bonds. The van der Waals surface area contributed by atoms with E-state index in [9.17, 15) is 18.4 Å². The number of amides is 2. The number of rotatable bonds is 7. The zero-order valence-corrected chi connectivity index (χ0v) is 9.95. The number of hydrogen-bond donors (Lipinski definition) is 2. The molecular formula is C10H18F2N2O3. The van der Waals surface area contributed by atoms with Crippen LogP contribution < -0.4 is 5.32 Å². The largest absolute Gasteiger partial charge is 0.480 e. The molecule has 100 valence electrons. The van der Waals surface area contributed by atoms with Crippen molar-refractivity contribution in [1.29, 1.82) is 0 Å². The number of carbonyl (C=O) groups excluding carboxylic acids is 1. The molecule has 5 nitrogen and oxygen atoms in total. The molecule has 0 aromatic carbocycles. The molecule has 1 unspecified atom stereocenters. The minimum Gasteiger partial charge on any atom is -0.480 e. The van der Waals surface area contributed by atoms with Crippen molar-refractivity contribution >= 4 is 12.0 Å². The average Bonchev–Trinajstić information content (AvgIpc) is 2.22. The lowest BCUT2D eigenvalue weighted by Crippen LogP contribution is -2.47. The second-order valence-electron chi connectivity index (χ2n) is 3.75. The second-order valence-corrected chi connectivity index (χ2v) is 3.75. The van der Waals surface area contributed by atoms with Crippen LogP contribution in [0.2, 0.25) is 0 Å². The van der Waals surface area contributed by atoms with E-state index in [2.05, 4.69) is 5.32 Å². The Morgan fingerprint density at radius 3 is 2.41 bits per heavy atom. The minimum absolute atomic E-state index is 0.292. The Hall–Kier alpha value is -1.40. The lowest BCUT2D eigenvalue weighted by atomic mass is 10.1. The highest BCUT2D eigenvalue weighted by Gasteiger charge is 2.22. The molecule has 0 aliphatic heterocycles. The van der Waals surface area contributed by atoms with Crippen molar-refractivity contribution in [2.75, 3.05) is 13.6 Å². The molecule has 7 heteroatoms. The van der Waals surface area contributed by atoms with Crippen LogP contribution in [0.3, 0.4) is 0 Å². The van der Waals surface area contributed by atoms with E-state index in [1.165, 1.54) is 7.05 Å². The molecule has 0 heterocycles. The van der Waals surface area contributed by atoms with E-state index in [-0.39, 0.29) is 0 Å². The van der Waals surface area contributed by atoms with Gasteiger partial charge in [0.25, 0.3) is 6.43 Å². The fourth-order valence-corrected chi connectivity index (χ4v) is 1.21. The van der Waals surface area contributed by atoms with E-state index in [0.29, 0.717) is 12.8 Å². The summed E-state index contributed by atoms with van der Waals surface area (Å²) in [5, 5.41) is 11.0. The van der Waals surface area contributed by atoms with Crippen molar-refractivity contribution in [3.63, 3.8) is 0 Å². The van der Waals surface area contributed by atoms with Gasteiger partial charge in [0.2, 0.25) is 0 Å². The molecule has 1 atom stereocenters. The van der Waals surface area contributed by atoms with Gasteiger partial charge in [0.1, 0.15) is 6.04 Å². The molecule has 0 aliphatic carbocycles. The van der Waals surface area contributed by atoms with E-state index >= 15 is 0 Å². The Kier molecular flexibility index (Phi) is 7.16. The highest BCUT2D eigenvalue weighted by molar-refractivity contribution is 5.82. The summed E-state index contributed by atoms with van der Waals surface area (Å²) in [4.78, 5) is 22.9. The molecule has 0 aromatic heterocycles. The van der Waals surface area contributed by atoms with Crippen LogP contribution in [0.1, 0.15) is 26.2 Å². The first kappa shape index (κ1) is 15.6. The van der Waals surface area contributed by atoms with E-state index in [0.717, 1.165) is 11.3 Å². The number of alkyl halides is 2. The van der Waals surface area contributed by atoms with Crippen LogP contribution in [0.4, 0.5) is 13.6 Å². The molecular weight excluding hydrogens is 234 g/mol. The quantitative estimate of drug-likeness (QED) is 0.722. The van der Waals surface area contributed by atoms with Gasteiger partial charge >= 0.3 is 12.0 Å². The monoisotopic (exact) mass is 252 g/mol. The number of aliphatic carboxylic acids is 1. The highest BCUT2D eigenvalue weighted by Crippen LogP contribution is 2.02. The van der Waals surface area contributed by atoms with Crippen molar-refractivity contribution in [3.8, 4) is 0 Å².